The van der Waals surface area contributed by atoms with Gasteiger partial charge in [0, 0.05) is 28.1 Å². The molecule has 1 atom stereocenters. The van der Waals surface area contributed by atoms with E-state index in [9.17, 15) is 8.42 Å². The molecule has 0 saturated carbocycles. The fraction of sp³-hybridized carbons (Fsp3) is 0.286. The Morgan fingerprint density at radius 3 is 2.35 bits per heavy atom. The lowest BCUT2D eigenvalue weighted by Gasteiger charge is -2.16. The predicted octanol–water partition coefficient (Wildman–Crippen LogP) is 3.42. The molecule has 0 aliphatic heterocycles. The van der Waals surface area contributed by atoms with Gasteiger partial charge in [0.2, 0.25) is 0 Å². The van der Waals surface area contributed by atoms with Crippen LogP contribution < -0.4 is 5.32 Å². The van der Waals surface area contributed by atoms with Crippen LogP contribution in [0.2, 0.25) is 0 Å². The molecule has 6 heteroatoms. The third kappa shape index (κ3) is 3.69. The van der Waals surface area contributed by atoms with Crippen molar-refractivity contribution in [2.45, 2.75) is 17.4 Å². The van der Waals surface area contributed by atoms with Crippen molar-refractivity contribution in [1.29, 1.82) is 0 Å². The van der Waals surface area contributed by atoms with Gasteiger partial charge in [-0.3, -0.25) is 0 Å². The van der Waals surface area contributed by atoms with E-state index in [-0.39, 0.29) is 6.04 Å². The van der Waals surface area contributed by atoms with E-state index in [0.717, 1.165) is 16.5 Å². The Kier molecular flexibility index (Phi) is 5.01. The topological polar surface area (TPSA) is 46.2 Å². The van der Waals surface area contributed by atoms with Gasteiger partial charge in [0.25, 0.3) is 0 Å². The third-order valence-electron chi connectivity index (χ3n) is 3.14. The van der Waals surface area contributed by atoms with Crippen molar-refractivity contribution in [3.63, 3.8) is 0 Å². The van der Waals surface area contributed by atoms with Crippen LogP contribution in [0.5, 0.6) is 0 Å². The zero-order valence-corrected chi connectivity index (χ0v) is 14.5. The van der Waals surface area contributed by atoms with Crippen LogP contribution in [-0.4, -0.2) is 21.7 Å². The second-order valence-electron chi connectivity index (χ2n) is 4.58. The molecule has 0 radical (unpaired) electrons. The molecule has 3 nitrogen and oxygen atoms in total. The summed E-state index contributed by atoms with van der Waals surface area (Å²) in [6, 6.07) is 9.28. The molecule has 2 rings (SSSR count). The summed E-state index contributed by atoms with van der Waals surface area (Å²) in [6.07, 6.45) is 2.09. The van der Waals surface area contributed by atoms with Gasteiger partial charge in [-0.2, -0.15) is 0 Å². The predicted molar refractivity (Wildman–Crippen MR) is 87.1 cm³/mol. The number of benzene rings is 1. The first kappa shape index (κ1) is 15.7. The van der Waals surface area contributed by atoms with Gasteiger partial charge in [0.05, 0.1) is 4.90 Å². The highest BCUT2D eigenvalue weighted by molar-refractivity contribution is 9.10. The maximum atomic E-state index is 11.5. The Morgan fingerprint density at radius 1 is 1.25 bits per heavy atom. The summed E-state index contributed by atoms with van der Waals surface area (Å²) in [4.78, 5) is 1.63. The summed E-state index contributed by atoms with van der Waals surface area (Å²) in [5.74, 6) is 0. The van der Waals surface area contributed by atoms with Crippen molar-refractivity contribution in [3.8, 4) is 0 Å². The summed E-state index contributed by atoms with van der Waals surface area (Å²) in [5, 5.41) is 5.33. The Hall–Kier alpha value is -0.690. The number of thiophene rings is 1. The van der Waals surface area contributed by atoms with Gasteiger partial charge in [0.1, 0.15) is 0 Å². The van der Waals surface area contributed by atoms with E-state index in [1.54, 1.807) is 23.5 Å². The van der Waals surface area contributed by atoms with Crippen LogP contribution in [-0.2, 0) is 16.3 Å². The number of rotatable bonds is 5. The normalized spacial score (nSPS) is 13.3. The molecule has 0 fully saturated rings. The molecule has 108 valence electrons. The molecule has 0 spiro atoms. The van der Waals surface area contributed by atoms with Gasteiger partial charge in [0.15, 0.2) is 9.84 Å². The van der Waals surface area contributed by atoms with Crippen LogP contribution in [0.15, 0.2) is 45.1 Å². The van der Waals surface area contributed by atoms with Gasteiger partial charge in [-0.25, -0.2) is 8.42 Å². The molecule has 1 aromatic carbocycles. The van der Waals surface area contributed by atoms with E-state index in [4.69, 9.17) is 0 Å². The van der Waals surface area contributed by atoms with E-state index < -0.39 is 9.84 Å². The van der Waals surface area contributed by atoms with Crippen LogP contribution in [0.1, 0.15) is 16.5 Å². The molecule has 1 N–H and O–H groups in total. The fourth-order valence-electron chi connectivity index (χ4n) is 1.99. The van der Waals surface area contributed by atoms with Gasteiger partial charge < -0.3 is 5.32 Å². The summed E-state index contributed by atoms with van der Waals surface area (Å²) in [6.45, 7) is 0. The molecule has 0 saturated heterocycles. The molecule has 0 bridgehead atoms. The molecule has 2 aromatic rings. The molecule has 1 aromatic heterocycles. The highest BCUT2D eigenvalue weighted by Gasteiger charge is 2.14. The van der Waals surface area contributed by atoms with Crippen molar-refractivity contribution < 1.29 is 8.42 Å². The van der Waals surface area contributed by atoms with Gasteiger partial charge >= 0.3 is 0 Å². The quantitative estimate of drug-likeness (QED) is 0.873. The molecule has 0 aliphatic rings. The summed E-state index contributed by atoms with van der Waals surface area (Å²) in [5.41, 5.74) is 1.08. The minimum Gasteiger partial charge on any atom is -0.313 e. The van der Waals surface area contributed by atoms with Gasteiger partial charge in [-0.1, -0.05) is 12.1 Å². The second kappa shape index (κ2) is 6.39. The van der Waals surface area contributed by atoms with Crippen LogP contribution in [0.25, 0.3) is 0 Å². The Labute approximate surface area is 132 Å². The molecule has 0 amide bonds. The number of hydrogen-bond donors (Lipinski definition) is 1. The number of sulfone groups is 1. The Balaban J connectivity index is 2.22. The molecular weight excluding hydrogens is 358 g/mol. The Morgan fingerprint density at radius 2 is 1.90 bits per heavy atom. The minimum atomic E-state index is -3.13. The fourth-order valence-corrected chi connectivity index (χ4v) is 4.18. The van der Waals surface area contributed by atoms with Crippen LogP contribution in [0.3, 0.4) is 0 Å². The molecule has 20 heavy (non-hydrogen) atoms. The number of hydrogen-bond acceptors (Lipinski definition) is 4. The van der Waals surface area contributed by atoms with Crippen LogP contribution in [0.4, 0.5) is 0 Å². The first-order chi connectivity index (χ1) is 9.41. The number of nitrogens with one attached hydrogen (secondary N) is 1. The average molecular weight is 374 g/mol. The van der Waals surface area contributed by atoms with Gasteiger partial charge in [-0.15, -0.1) is 11.3 Å². The second-order valence-corrected chi connectivity index (χ2v) is 8.45. The van der Waals surface area contributed by atoms with E-state index in [1.807, 2.05) is 25.2 Å². The summed E-state index contributed by atoms with van der Waals surface area (Å²) < 4.78 is 24.0. The number of halogens is 1. The monoisotopic (exact) mass is 373 g/mol. The smallest absolute Gasteiger partial charge is 0.175 e. The number of likely N-dealkylation sites (N-methyl/N-ethyl adjacent to an activating group) is 1. The molecule has 1 unspecified atom stereocenters. The maximum Gasteiger partial charge on any atom is 0.175 e. The summed E-state index contributed by atoms with van der Waals surface area (Å²) >= 11 is 5.25. The van der Waals surface area contributed by atoms with Crippen LogP contribution >= 0.6 is 27.3 Å². The molecule has 0 aliphatic carbocycles. The van der Waals surface area contributed by atoms with Crippen LogP contribution in [0, 0.1) is 0 Å². The highest BCUT2D eigenvalue weighted by atomic mass is 79.9. The lowest BCUT2D eigenvalue weighted by molar-refractivity contribution is 0.593. The van der Waals surface area contributed by atoms with E-state index in [1.165, 1.54) is 11.1 Å². The zero-order valence-electron chi connectivity index (χ0n) is 11.3. The van der Waals surface area contributed by atoms with Gasteiger partial charge in [-0.05, 0) is 52.1 Å². The van der Waals surface area contributed by atoms with E-state index >= 15 is 0 Å². The Bertz CT molecular complexity index is 677. The SMILES string of the molecule is CNC(Cc1sccc1Br)c1ccc(S(C)(=O)=O)cc1. The molecular formula is C14H16BrNO2S2. The minimum absolute atomic E-state index is 0.165. The summed E-state index contributed by atoms with van der Waals surface area (Å²) in [7, 11) is -1.22. The lowest BCUT2D eigenvalue weighted by Crippen LogP contribution is -2.18. The average Bonchev–Trinajstić information content (AvgIpc) is 2.80. The van der Waals surface area contributed by atoms with Crippen molar-refractivity contribution in [2.24, 2.45) is 0 Å². The van der Waals surface area contributed by atoms with Crippen molar-refractivity contribution in [2.75, 3.05) is 13.3 Å². The first-order valence-corrected chi connectivity index (χ1v) is 9.67. The first-order valence-electron chi connectivity index (χ1n) is 6.11. The lowest BCUT2D eigenvalue weighted by atomic mass is 10.0. The van der Waals surface area contributed by atoms with Crippen molar-refractivity contribution in [1.82, 2.24) is 5.32 Å². The van der Waals surface area contributed by atoms with E-state index in [2.05, 4.69) is 26.6 Å². The van der Waals surface area contributed by atoms with E-state index in [0.29, 0.717) is 4.90 Å². The van der Waals surface area contributed by atoms with Crippen molar-refractivity contribution >= 4 is 37.1 Å². The molecule has 1 heterocycles. The maximum absolute atomic E-state index is 11.5. The largest absolute Gasteiger partial charge is 0.313 e. The van der Waals surface area contributed by atoms with Crippen molar-refractivity contribution in [3.05, 3.63) is 50.6 Å². The standard InChI is InChI=1S/C14H16BrNO2S2/c1-16-13(9-14-12(15)7-8-19-14)10-3-5-11(6-4-10)20(2,17)18/h3-8,13,16H,9H2,1-2H3. The third-order valence-corrected chi connectivity index (χ3v) is 6.22. The zero-order chi connectivity index (χ0) is 14.8. The highest BCUT2D eigenvalue weighted by Crippen LogP contribution is 2.28.